The van der Waals surface area contributed by atoms with Crippen molar-refractivity contribution < 1.29 is 4.79 Å². The molecule has 0 atom stereocenters. The molecule has 0 saturated heterocycles. The lowest BCUT2D eigenvalue weighted by Crippen LogP contribution is -2.36. The molecule has 2 aromatic rings. The molecule has 2 rings (SSSR count). The number of carbonyl (C=O) groups excluding carboxylic acids is 1. The highest BCUT2D eigenvalue weighted by molar-refractivity contribution is 6.11. The molecule has 1 amide bonds. The number of rotatable bonds is 1. The van der Waals surface area contributed by atoms with Crippen LogP contribution >= 0.6 is 0 Å². The quantitative estimate of drug-likeness (QED) is 0.413. The van der Waals surface area contributed by atoms with Gasteiger partial charge in [0.25, 0.3) is 5.91 Å². The van der Waals surface area contributed by atoms with E-state index in [-0.39, 0.29) is 11.1 Å². The highest BCUT2D eigenvalue weighted by Crippen LogP contribution is 2.13. The predicted octanol–water partition coefficient (Wildman–Crippen LogP) is 0.151. The van der Waals surface area contributed by atoms with Gasteiger partial charge < -0.3 is 10.7 Å². The molecule has 1 aromatic carbocycles. The molecule has 0 aliphatic carbocycles. The molecule has 0 saturated carbocycles. The summed E-state index contributed by atoms with van der Waals surface area (Å²) in [6.07, 6.45) is 0. The van der Waals surface area contributed by atoms with Gasteiger partial charge in [0.1, 0.15) is 0 Å². The maximum Gasteiger partial charge on any atom is 0.258 e. The largest absolute Gasteiger partial charge is 0.370 e. The Kier molecular flexibility index (Phi) is 2.61. The van der Waals surface area contributed by atoms with Gasteiger partial charge in [-0.1, -0.05) is 18.2 Å². The highest BCUT2D eigenvalue weighted by Gasteiger charge is 2.11. The average molecular weight is 230 g/mol. The van der Waals surface area contributed by atoms with E-state index >= 15 is 0 Å². The molecule has 6 heteroatoms. The van der Waals surface area contributed by atoms with E-state index in [0.29, 0.717) is 10.9 Å². The molecule has 6 nitrogen and oxygen atoms in total. The second-order valence-corrected chi connectivity index (χ2v) is 3.46. The third-order valence-electron chi connectivity index (χ3n) is 2.24. The molecule has 0 unspecified atom stereocenters. The van der Waals surface area contributed by atoms with Crippen LogP contribution in [0.2, 0.25) is 0 Å². The van der Waals surface area contributed by atoms with E-state index in [1.54, 1.807) is 24.3 Å². The van der Waals surface area contributed by atoms with E-state index in [4.69, 9.17) is 11.1 Å². The Bertz CT molecular complexity index is 660. The second kappa shape index (κ2) is 4.09. The minimum absolute atomic E-state index is 0.194. The number of fused-ring (bicyclic) bond motifs is 1. The fraction of sp³-hybridized carbons (Fsp3) is 0. The number of H-pyrrole nitrogens is 1. The number of nitrogens with two attached hydrogens (primary N) is 1. The number of guanidine groups is 1. The summed E-state index contributed by atoms with van der Waals surface area (Å²) >= 11 is 0. The summed E-state index contributed by atoms with van der Waals surface area (Å²) in [5.41, 5.74) is 5.46. The topological polar surface area (TPSA) is 112 Å². The Morgan fingerprint density at radius 3 is 2.76 bits per heavy atom. The van der Waals surface area contributed by atoms with E-state index in [1.165, 1.54) is 6.07 Å². The summed E-state index contributed by atoms with van der Waals surface area (Å²) in [4.78, 5) is 25.7. The summed E-state index contributed by atoms with van der Waals surface area (Å²) < 4.78 is 0. The average Bonchev–Trinajstić information content (AvgIpc) is 2.26. The standard InChI is InChI=1S/C11H10N4O2/c12-11(13)15-10(17)7-5-9(16)14-8-4-2-1-3-6(7)8/h1-5H,(H,14,16)(H4,12,13,15,17). The van der Waals surface area contributed by atoms with Crippen LogP contribution in [0.15, 0.2) is 35.1 Å². The number of carbonyl (C=O) groups is 1. The van der Waals surface area contributed by atoms with E-state index < -0.39 is 11.9 Å². The van der Waals surface area contributed by atoms with Crippen molar-refractivity contribution in [2.75, 3.05) is 0 Å². The Hall–Kier alpha value is -2.63. The molecular weight excluding hydrogens is 220 g/mol. The van der Waals surface area contributed by atoms with Gasteiger partial charge in [0.05, 0.1) is 5.56 Å². The molecular formula is C11H10N4O2. The molecule has 1 heterocycles. The Balaban J connectivity index is 2.64. The van der Waals surface area contributed by atoms with Gasteiger partial charge in [0.15, 0.2) is 5.96 Å². The maximum atomic E-state index is 11.7. The molecule has 0 aliphatic heterocycles. The van der Waals surface area contributed by atoms with Crippen LogP contribution in [-0.2, 0) is 0 Å². The van der Waals surface area contributed by atoms with Crippen molar-refractivity contribution in [2.24, 2.45) is 5.73 Å². The number of aromatic nitrogens is 1. The number of hydrogen-bond donors (Lipinski definition) is 4. The third-order valence-corrected chi connectivity index (χ3v) is 2.24. The number of amides is 1. The first-order chi connectivity index (χ1) is 8.08. The summed E-state index contributed by atoms with van der Waals surface area (Å²) in [6.45, 7) is 0. The first-order valence-electron chi connectivity index (χ1n) is 4.85. The minimum atomic E-state index is -0.570. The van der Waals surface area contributed by atoms with Crippen LogP contribution in [0.25, 0.3) is 10.9 Å². The van der Waals surface area contributed by atoms with Crippen LogP contribution in [0.4, 0.5) is 0 Å². The first-order valence-corrected chi connectivity index (χ1v) is 4.85. The lowest BCUT2D eigenvalue weighted by molar-refractivity contribution is 0.0978. The summed E-state index contributed by atoms with van der Waals surface area (Å²) in [6, 6.07) is 8.10. The van der Waals surface area contributed by atoms with E-state index in [0.717, 1.165) is 0 Å². The fourth-order valence-electron chi connectivity index (χ4n) is 1.58. The SMILES string of the molecule is N=C(N)NC(=O)c1cc(=O)[nH]c2ccccc12. The molecule has 0 aliphatic rings. The molecule has 0 spiro atoms. The zero-order valence-electron chi connectivity index (χ0n) is 8.78. The van der Waals surface area contributed by atoms with Gasteiger partial charge in [-0.25, -0.2) is 0 Å². The highest BCUT2D eigenvalue weighted by atomic mass is 16.2. The van der Waals surface area contributed by atoms with Gasteiger partial charge in [-0.05, 0) is 6.07 Å². The molecule has 5 N–H and O–H groups in total. The molecule has 0 bridgehead atoms. The fourth-order valence-corrected chi connectivity index (χ4v) is 1.58. The van der Waals surface area contributed by atoms with Gasteiger partial charge >= 0.3 is 0 Å². The van der Waals surface area contributed by atoms with Gasteiger partial charge in [-0.3, -0.25) is 20.3 Å². The molecule has 17 heavy (non-hydrogen) atoms. The Morgan fingerprint density at radius 2 is 2.06 bits per heavy atom. The smallest absolute Gasteiger partial charge is 0.258 e. The lowest BCUT2D eigenvalue weighted by atomic mass is 10.1. The van der Waals surface area contributed by atoms with Crippen molar-refractivity contribution >= 4 is 22.8 Å². The van der Waals surface area contributed by atoms with E-state index in [1.807, 2.05) is 0 Å². The molecule has 86 valence electrons. The summed E-state index contributed by atoms with van der Waals surface area (Å²) in [5.74, 6) is -1.03. The zero-order valence-corrected chi connectivity index (χ0v) is 8.78. The van der Waals surface area contributed by atoms with Gasteiger partial charge in [-0.15, -0.1) is 0 Å². The van der Waals surface area contributed by atoms with E-state index in [2.05, 4.69) is 10.3 Å². The number of benzene rings is 1. The van der Waals surface area contributed by atoms with Crippen molar-refractivity contribution in [3.05, 3.63) is 46.2 Å². The van der Waals surface area contributed by atoms with Crippen molar-refractivity contribution in [1.82, 2.24) is 10.3 Å². The number of para-hydroxylation sites is 1. The van der Waals surface area contributed by atoms with Gasteiger partial charge in [-0.2, -0.15) is 0 Å². The summed E-state index contributed by atoms with van der Waals surface area (Å²) in [7, 11) is 0. The van der Waals surface area contributed by atoms with E-state index in [9.17, 15) is 9.59 Å². The van der Waals surface area contributed by atoms with Crippen molar-refractivity contribution in [3.63, 3.8) is 0 Å². The lowest BCUT2D eigenvalue weighted by Gasteiger charge is -2.05. The number of aromatic amines is 1. The van der Waals surface area contributed by atoms with Crippen molar-refractivity contribution in [3.8, 4) is 0 Å². The first kappa shape index (κ1) is 10.9. The maximum absolute atomic E-state index is 11.7. The number of hydrogen-bond acceptors (Lipinski definition) is 3. The van der Waals surface area contributed by atoms with Gasteiger partial charge in [0.2, 0.25) is 5.56 Å². The minimum Gasteiger partial charge on any atom is -0.370 e. The van der Waals surface area contributed by atoms with Crippen LogP contribution in [0.5, 0.6) is 0 Å². The van der Waals surface area contributed by atoms with Crippen molar-refractivity contribution in [2.45, 2.75) is 0 Å². The van der Waals surface area contributed by atoms with Crippen molar-refractivity contribution in [1.29, 1.82) is 5.41 Å². The van der Waals surface area contributed by atoms with Crippen LogP contribution in [0.3, 0.4) is 0 Å². The molecule has 0 radical (unpaired) electrons. The van der Waals surface area contributed by atoms with Crippen LogP contribution in [0.1, 0.15) is 10.4 Å². The number of nitrogens with one attached hydrogen (secondary N) is 3. The van der Waals surface area contributed by atoms with Crippen LogP contribution in [-0.4, -0.2) is 16.9 Å². The van der Waals surface area contributed by atoms with Crippen LogP contribution < -0.4 is 16.6 Å². The van der Waals surface area contributed by atoms with Crippen LogP contribution in [0, 0.1) is 5.41 Å². The summed E-state index contributed by atoms with van der Waals surface area (Å²) in [5, 5.41) is 9.75. The Labute approximate surface area is 96.0 Å². The zero-order chi connectivity index (χ0) is 12.4. The second-order valence-electron chi connectivity index (χ2n) is 3.46. The Morgan fingerprint density at radius 1 is 1.35 bits per heavy atom. The van der Waals surface area contributed by atoms with Gasteiger partial charge in [0, 0.05) is 17.0 Å². The monoisotopic (exact) mass is 230 g/mol. The predicted molar refractivity (Wildman–Crippen MR) is 63.9 cm³/mol. The molecule has 1 aromatic heterocycles. The molecule has 0 fully saturated rings. The third kappa shape index (κ3) is 2.15. The normalized spacial score (nSPS) is 10.1. The number of pyridine rings is 1.